The zero-order valence-electron chi connectivity index (χ0n) is 14.8. The number of anilines is 5. The number of hydrogen-bond donors (Lipinski definition) is 2. The van der Waals surface area contributed by atoms with Gasteiger partial charge in [0, 0.05) is 24.5 Å². The summed E-state index contributed by atoms with van der Waals surface area (Å²) in [6.07, 6.45) is 2.35. The summed E-state index contributed by atoms with van der Waals surface area (Å²) in [5.41, 5.74) is 3.13. The van der Waals surface area contributed by atoms with Crippen LogP contribution in [0.5, 0.6) is 0 Å². The summed E-state index contributed by atoms with van der Waals surface area (Å²) in [6, 6.07) is 18.1. The first-order chi connectivity index (χ1) is 12.8. The number of benzene rings is 2. The van der Waals surface area contributed by atoms with E-state index in [1.54, 1.807) is 0 Å². The van der Waals surface area contributed by atoms with Gasteiger partial charge < -0.3 is 15.5 Å². The van der Waals surface area contributed by atoms with Crippen LogP contribution in [0.4, 0.5) is 29.2 Å². The van der Waals surface area contributed by atoms with Gasteiger partial charge in [0.15, 0.2) is 0 Å². The smallest absolute Gasteiger partial charge is 0.233 e. The van der Waals surface area contributed by atoms with E-state index in [2.05, 4.69) is 49.5 Å². The lowest BCUT2D eigenvalue weighted by Crippen LogP contribution is -2.21. The number of rotatable bonds is 5. The van der Waals surface area contributed by atoms with Crippen molar-refractivity contribution >= 4 is 29.2 Å². The fourth-order valence-electron chi connectivity index (χ4n) is 2.95. The third-order valence-corrected chi connectivity index (χ3v) is 4.35. The second kappa shape index (κ2) is 7.39. The van der Waals surface area contributed by atoms with Crippen LogP contribution >= 0.6 is 0 Å². The Morgan fingerprint density at radius 3 is 1.92 bits per heavy atom. The van der Waals surface area contributed by atoms with Crippen LogP contribution in [-0.4, -0.2) is 28.0 Å². The lowest BCUT2D eigenvalue weighted by molar-refractivity contribution is 0.886. The maximum absolute atomic E-state index is 4.63. The molecule has 0 saturated carbocycles. The molecule has 0 radical (unpaired) electrons. The van der Waals surface area contributed by atoms with Crippen LogP contribution in [0.2, 0.25) is 0 Å². The molecular formula is C20H22N6. The first kappa shape index (κ1) is 16.3. The molecule has 1 fully saturated rings. The van der Waals surface area contributed by atoms with Crippen LogP contribution in [-0.2, 0) is 0 Å². The molecule has 0 bridgehead atoms. The maximum atomic E-state index is 4.63. The van der Waals surface area contributed by atoms with Gasteiger partial charge in [-0.3, -0.25) is 0 Å². The van der Waals surface area contributed by atoms with Crippen molar-refractivity contribution in [3.63, 3.8) is 0 Å². The third-order valence-electron chi connectivity index (χ3n) is 4.35. The van der Waals surface area contributed by atoms with E-state index >= 15 is 0 Å². The van der Waals surface area contributed by atoms with Crippen LogP contribution in [0.15, 0.2) is 54.6 Å². The molecule has 2 aromatic carbocycles. The van der Waals surface area contributed by atoms with Gasteiger partial charge in [0.25, 0.3) is 0 Å². The van der Waals surface area contributed by atoms with Crippen molar-refractivity contribution < 1.29 is 0 Å². The Bertz CT molecular complexity index is 857. The fourth-order valence-corrected chi connectivity index (χ4v) is 2.95. The molecule has 1 saturated heterocycles. The number of para-hydroxylation sites is 1. The Morgan fingerprint density at radius 2 is 1.31 bits per heavy atom. The normalized spacial score (nSPS) is 13.7. The molecule has 1 aliphatic heterocycles. The van der Waals surface area contributed by atoms with Crippen LogP contribution in [0.3, 0.4) is 0 Å². The quantitative estimate of drug-likeness (QED) is 0.719. The predicted octanol–water partition coefficient (Wildman–Crippen LogP) is 4.27. The molecule has 26 heavy (non-hydrogen) atoms. The lowest BCUT2D eigenvalue weighted by atomic mass is 10.2. The summed E-state index contributed by atoms with van der Waals surface area (Å²) < 4.78 is 0. The molecule has 4 rings (SSSR count). The molecule has 2 N–H and O–H groups in total. The number of hydrogen-bond acceptors (Lipinski definition) is 6. The van der Waals surface area contributed by atoms with E-state index in [0.717, 1.165) is 24.5 Å². The van der Waals surface area contributed by atoms with Crippen molar-refractivity contribution in [2.75, 3.05) is 28.6 Å². The SMILES string of the molecule is Cc1ccc(Nc2nc(Nc3ccccc3)nc(N3CCCC3)n2)cc1. The largest absolute Gasteiger partial charge is 0.341 e. The van der Waals surface area contributed by atoms with E-state index in [1.165, 1.54) is 18.4 Å². The Kier molecular flexibility index (Phi) is 4.64. The highest BCUT2D eigenvalue weighted by Gasteiger charge is 2.17. The van der Waals surface area contributed by atoms with Gasteiger partial charge in [-0.25, -0.2) is 0 Å². The van der Waals surface area contributed by atoms with Crippen LogP contribution in [0.25, 0.3) is 0 Å². The summed E-state index contributed by atoms with van der Waals surface area (Å²) in [6.45, 7) is 4.04. The molecule has 2 heterocycles. The second-order valence-electron chi connectivity index (χ2n) is 6.46. The summed E-state index contributed by atoms with van der Waals surface area (Å²) in [5.74, 6) is 1.80. The summed E-state index contributed by atoms with van der Waals surface area (Å²) in [7, 11) is 0. The molecule has 0 amide bonds. The molecule has 3 aromatic rings. The van der Waals surface area contributed by atoms with Gasteiger partial charge >= 0.3 is 0 Å². The van der Waals surface area contributed by atoms with E-state index < -0.39 is 0 Å². The standard InChI is InChI=1S/C20H22N6/c1-15-9-11-17(12-10-15)22-19-23-18(21-16-7-3-2-4-8-16)24-20(25-19)26-13-5-6-14-26/h2-4,7-12H,5-6,13-14H2,1H3,(H2,21,22,23,24,25). The van der Waals surface area contributed by atoms with Gasteiger partial charge in [-0.15, -0.1) is 0 Å². The lowest BCUT2D eigenvalue weighted by Gasteiger charge is -2.17. The van der Waals surface area contributed by atoms with E-state index in [4.69, 9.17) is 0 Å². The van der Waals surface area contributed by atoms with E-state index in [-0.39, 0.29) is 0 Å². The summed E-state index contributed by atoms with van der Waals surface area (Å²) in [5, 5.41) is 6.57. The highest BCUT2D eigenvalue weighted by Crippen LogP contribution is 2.22. The van der Waals surface area contributed by atoms with E-state index in [9.17, 15) is 0 Å². The Balaban J connectivity index is 1.64. The molecule has 6 heteroatoms. The molecule has 6 nitrogen and oxygen atoms in total. The van der Waals surface area contributed by atoms with Crippen molar-refractivity contribution in [2.45, 2.75) is 19.8 Å². The zero-order valence-corrected chi connectivity index (χ0v) is 14.8. The minimum atomic E-state index is 0.544. The molecule has 1 aromatic heterocycles. The Morgan fingerprint density at radius 1 is 0.731 bits per heavy atom. The van der Waals surface area contributed by atoms with Crippen molar-refractivity contribution in [3.05, 3.63) is 60.2 Å². The van der Waals surface area contributed by atoms with Gasteiger partial charge in [-0.2, -0.15) is 15.0 Å². The summed E-state index contributed by atoms with van der Waals surface area (Å²) in [4.78, 5) is 16.0. The number of nitrogens with one attached hydrogen (secondary N) is 2. The second-order valence-corrected chi connectivity index (χ2v) is 6.46. The molecule has 0 unspecified atom stereocenters. The van der Waals surface area contributed by atoms with Crippen LogP contribution < -0.4 is 15.5 Å². The van der Waals surface area contributed by atoms with Crippen molar-refractivity contribution in [3.8, 4) is 0 Å². The molecular weight excluding hydrogens is 324 g/mol. The van der Waals surface area contributed by atoms with Gasteiger partial charge in [-0.05, 0) is 44.0 Å². The van der Waals surface area contributed by atoms with Crippen LogP contribution in [0.1, 0.15) is 18.4 Å². The fraction of sp³-hybridized carbons (Fsp3) is 0.250. The first-order valence-corrected chi connectivity index (χ1v) is 8.93. The first-order valence-electron chi connectivity index (χ1n) is 8.93. The Labute approximate surface area is 153 Å². The highest BCUT2D eigenvalue weighted by molar-refractivity contribution is 5.59. The number of aryl methyl sites for hydroxylation is 1. The van der Waals surface area contributed by atoms with Crippen LogP contribution in [0, 0.1) is 6.92 Å². The minimum Gasteiger partial charge on any atom is -0.341 e. The summed E-state index contributed by atoms with van der Waals surface area (Å²) >= 11 is 0. The average Bonchev–Trinajstić information content (AvgIpc) is 3.19. The van der Waals surface area contributed by atoms with Crippen molar-refractivity contribution in [1.82, 2.24) is 15.0 Å². The monoisotopic (exact) mass is 346 g/mol. The average molecular weight is 346 g/mol. The van der Waals surface area contributed by atoms with E-state index in [0.29, 0.717) is 17.8 Å². The van der Waals surface area contributed by atoms with Crippen molar-refractivity contribution in [1.29, 1.82) is 0 Å². The van der Waals surface area contributed by atoms with Gasteiger partial charge in [0.1, 0.15) is 0 Å². The predicted molar refractivity (Wildman–Crippen MR) is 105 cm³/mol. The zero-order chi connectivity index (χ0) is 17.8. The molecule has 0 aliphatic carbocycles. The molecule has 0 spiro atoms. The van der Waals surface area contributed by atoms with E-state index in [1.807, 2.05) is 42.5 Å². The molecule has 1 aliphatic rings. The topological polar surface area (TPSA) is 66.0 Å². The van der Waals surface area contributed by atoms with Crippen molar-refractivity contribution in [2.24, 2.45) is 0 Å². The highest BCUT2D eigenvalue weighted by atomic mass is 15.3. The van der Waals surface area contributed by atoms with Gasteiger partial charge in [-0.1, -0.05) is 35.9 Å². The maximum Gasteiger partial charge on any atom is 0.233 e. The third kappa shape index (κ3) is 3.91. The number of aromatic nitrogens is 3. The molecule has 0 atom stereocenters. The van der Waals surface area contributed by atoms with Gasteiger partial charge in [0.05, 0.1) is 0 Å². The van der Waals surface area contributed by atoms with Gasteiger partial charge in [0.2, 0.25) is 17.8 Å². The number of nitrogens with zero attached hydrogens (tertiary/aromatic N) is 4. The minimum absolute atomic E-state index is 0.544. The Hall–Kier alpha value is -3.15. The molecule has 132 valence electrons.